The summed E-state index contributed by atoms with van der Waals surface area (Å²) in [5.41, 5.74) is 8.24. The fourth-order valence-corrected chi connectivity index (χ4v) is 2.15. The Labute approximate surface area is 125 Å². The monoisotopic (exact) mass is 299 g/mol. The molecule has 4 N–H and O–H groups in total. The van der Waals surface area contributed by atoms with Crippen molar-refractivity contribution in [2.75, 3.05) is 5.32 Å². The van der Waals surface area contributed by atoms with Crippen LogP contribution < -0.4 is 16.4 Å². The topological polar surface area (TPSA) is 123 Å². The van der Waals surface area contributed by atoms with Gasteiger partial charge in [0.1, 0.15) is 17.7 Å². The van der Waals surface area contributed by atoms with E-state index in [4.69, 9.17) is 5.73 Å². The first kappa shape index (κ1) is 13.8. The van der Waals surface area contributed by atoms with Crippen molar-refractivity contribution < 1.29 is 14.1 Å². The molecule has 112 valence electrons. The number of nitrogens with zero attached hydrogens (tertiary/aromatic N) is 2. The molecule has 2 aromatic rings. The maximum absolute atomic E-state index is 11.8. The molecule has 1 aliphatic rings. The molecule has 0 aliphatic carbocycles. The minimum Gasteiger partial charge on any atom is -0.364 e. The molecule has 0 unspecified atom stereocenters. The number of nitrogens with two attached hydrogens (primary N) is 1. The van der Waals surface area contributed by atoms with Gasteiger partial charge in [0.05, 0.1) is 13.1 Å². The number of carbonyl (C=O) groups is 2. The summed E-state index contributed by atoms with van der Waals surface area (Å²) in [5, 5.41) is 9.01. The molecule has 22 heavy (non-hydrogen) atoms. The summed E-state index contributed by atoms with van der Waals surface area (Å²) in [5.74, 6) is -0.577. The van der Waals surface area contributed by atoms with E-state index in [1.807, 2.05) is 6.07 Å². The Bertz CT molecular complexity index is 752. The molecular formula is C14H13N5O3. The lowest BCUT2D eigenvalue weighted by Crippen LogP contribution is -2.28. The third kappa shape index (κ3) is 2.80. The van der Waals surface area contributed by atoms with Gasteiger partial charge in [-0.3, -0.25) is 9.79 Å². The summed E-state index contributed by atoms with van der Waals surface area (Å²) in [6.07, 6.45) is 1.43. The number of aromatic nitrogens is 1. The quantitative estimate of drug-likeness (QED) is 0.772. The van der Waals surface area contributed by atoms with Gasteiger partial charge in [-0.2, -0.15) is 0 Å². The summed E-state index contributed by atoms with van der Waals surface area (Å²) in [6.45, 7) is 0.674. The molecule has 8 heteroatoms. The third-order valence-corrected chi connectivity index (χ3v) is 3.19. The SMILES string of the molecule is NC(=O)C1=NCc2ccc(NC(=O)NCc3ccon3)cc21. The van der Waals surface area contributed by atoms with Crippen molar-refractivity contribution in [1.82, 2.24) is 10.5 Å². The summed E-state index contributed by atoms with van der Waals surface area (Å²) in [6, 6.07) is 6.50. The smallest absolute Gasteiger partial charge is 0.319 e. The van der Waals surface area contributed by atoms with Gasteiger partial charge in [-0.1, -0.05) is 11.2 Å². The molecule has 0 fully saturated rings. The Morgan fingerprint density at radius 2 is 2.18 bits per heavy atom. The minimum atomic E-state index is -0.577. The van der Waals surface area contributed by atoms with Gasteiger partial charge in [-0.15, -0.1) is 0 Å². The van der Waals surface area contributed by atoms with Crippen LogP contribution in [0.15, 0.2) is 40.0 Å². The highest BCUT2D eigenvalue weighted by Gasteiger charge is 2.20. The Balaban J connectivity index is 1.66. The van der Waals surface area contributed by atoms with E-state index in [0.717, 1.165) is 5.56 Å². The van der Waals surface area contributed by atoms with Crippen molar-refractivity contribution in [3.63, 3.8) is 0 Å². The van der Waals surface area contributed by atoms with Crippen LogP contribution in [0.25, 0.3) is 0 Å². The second-order valence-electron chi connectivity index (χ2n) is 4.70. The Kier molecular flexibility index (Phi) is 3.57. The highest BCUT2D eigenvalue weighted by molar-refractivity contribution is 6.46. The number of carbonyl (C=O) groups excluding carboxylic acids is 2. The zero-order valence-corrected chi connectivity index (χ0v) is 11.5. The number of urea groups is 1. The molecule has 0 saturated carbocycles. The molecule has 1 aliphatic heterocycles. The van der Waals surface area contributed by atoms with E-state index in [1.165, 1.54) is 6.26 Å². The number of hydrogen-bond donors (Lipinski definition) is 3. The number of primary amides is 1. The summed E-state index contributed by atoms with van der Waals surface area (Å²) >= 11 is 0. The second-order valence-corrected chi connectivity index (χ2v) is 4.70. The predicted octanol–water partition coefficient (Wildman–Crippen LogP) is 0.784. The van der Waals surface area contributed by atoms with E-state index < -0.39 is 11.9 Å². The highest BCUT2D eigenvalue weighted by atomic mass is 16.5. The number of anilines is 1. The van der Waals surface area contributed by atoms with E-state index in [2.05, 4.69) is 25.3 Å². The second kappa shape index (κ2) is 5.68. The van der Waals surface area contributed by atoms with Crippen molar-refractivity contribution in [3.05, 3.63) is 47.3 Å². The molecular weight excluding hydrogens is 286 g/mol. The maximum atomic E-state index is 11.8. The molecule has 0 radical (unpaired) electrons. The molecule has 0 atom stereocenters. The third-order valence-electron chi connectivity index (χ3n) is 3.19. The Morgan fingerprint density at radius 3 is 2.91 bits per heavy atom. The zero-order chi connectivity index (χ0) is 15.5. The number of rotatable bonds is 4. The van der Waals surface area contributed by atoms with Crippen LogP contribution in [-0.2, 0) is 17.9 Å². The van der Waals surface area contributed by atoms with Crippen molar-refractivity contribution in [3.8, 4) is 0 Å². The number of fused-ring (bicyclic) bond motifs is 1. The number of aliphatic imine (C=N–C) groups is 1. The first-order chi connectivity index (χ1) is 10.6. The zero-order valence-electron chi connectivity index (χ0n) is 11.5. The van der Waals surface area contributed by atoms with E-state index >= 15 is 0 Å². The van der Waals surface area contributed by atoms with Crippen LogP contribution in [0.2, 0.25) is 0 Å². The number of amides is 3. The van der Waals surface area contributed by atoms with Gasteiger partial charge in [0, 0.05) is 17.3 Å². The van der Waals surface area contributed by atoms with Gasteiger partial charge in [-0.05, 0) is 17.7 Å². The van der Waals surface area contributed by atoms with E-state index in [1.54, 1.807) is 18.2 Å². The van der Waals surface area contributed by atoms with Crippen LogP contribution in [0.5, 0.6) is 0 Å². The lowest BCUT2D eigenvalue weighted by Gasteiger charge is -2.08. The lowest BCUT2D eigenvalue weighted by molar-refractivity contribution is -0.111. The maximum Gasteiger partial charge on any atom is 0.319 e. The average Bonchev–Trinajstić information content (AvgIpc) is 3.14. The van der Waals surface area contributed by atoms with Crippen LogP contribution in [0.3, 0.4) is 0 Å². The summed E-state index contributed by atoms with van der Waals surface area (Å²) < 4.78 is 4.67. The summed E-state index contributed by atoms with van der Waals surface area (Å²) in [7, 11) is 0. The standard InChI is InChI=1S/C14H13N5O3/c15-13(20)12-11-5-9(2-1-8(11)6-16-12)18-14(21)17-7-10-3-4-22-19-10/h1-5H,6-7H2,(H2,15,20)(H2,17,18,21). The number of hydrogen-bond acceptors (Lipinski definition) is 5. The lowest BCUT2D eigenvalue weighted by atomic mass is 10.0. The minimum absolute atomic E-state index is 0.238. The van der Waals surface area contributed by atoms with Crippen molar-refractivity contribution in [2.24, 2.45) is 10.7 Å². The van der Waals surface area contributed by atoms with Crippen molar-refractivity contribution in [1.29, 1.82) is 0 Å². The summed E-state index contributed by atoms with van der Waals surface area (Å²) in [4.78, 5) is 27.2. The van der Waals surface area contributed by atoms with Crippen LogP contribution >= 0.6 is 0 Å². The van der Waals surface area contributed by atoms with Gasteiger partial charge < -0.3 is 20.9 Å². The molecule has 0 saturated heterocycles. The Morgan fingerprint density at radius 1 is 1.32 bits per heavy atom. The van der Waals surface area contributed by atoms with E-state index in [9.17, 15) is 9.59 Å². The molecule has 0 bridgehead atoms. The largest absolute Gasteiger partial charge is 0.364 e. The molecule has 8 nitrogen and oxygen atoms in total. The van der Waals surface area contributed by atoms with Crippen LogP contribution in [0.4, 0.5) is 10.5 Å². The fraction of sp³-hybridized carbons (Fsp3) is 0.143. The van der Waals surface area contributed by atoms with Crippen LogP contribution in [-0.4, -0.2) is 22.8 Å². The van der Waals surface area contributed by atoms with Crippen molar-refractivity contribution >= 4 is 23.3 Å². The van der Waals surface area contributed by atoms with Gasteiger partial charge in [0.25, 0.3) is 5.91 Å². The first-order valence-electron chi connectivity index (χ1n) is 6.55. The van der Waals surface area contributed by atoms with Gasteiger partial charge in [0.15, 0.2) is 0 Å². The van der Waals surface area contributed by atoms with Crippen molar-refractivity contribution in [2.45, 2.75) is 13.1 Å². The van der Waals surface area contributed by atoms with E-state index in [0.29, 0.717) is 23.5 Å². The first-order valence-corrected chi connectivity index (χ1v) is 6.55. The van der Waals surface area contributed by atoms with Gasteiger partial charge in [-0.25, -0.2) is 4.79 Å². The van der Waals surface area contributed by atoms with Gasteiger partial charge >= 0.3 is 6.03 Å². The molecule has 3 amide bonds. The van der Waals surface area contributed by atoms with Crippen LogP contribution in [0.1, 0.15) is 16.8 Å². The van der Waals surface area contributed by atoms with Crippen LogP contribution in [0, 0.1) is 0 Å². The molecule has 0 spiro atoms. The Hall–Kier alpha value is -3.16. The van der Waals surface area contributed by atoms with E-state index in [-0.39, 0.29) is 12.3 Å². The predicted molar refractivity (Wildman–Crippen MR) is 78.2 cm³/mol. The molecule has 2 heterocycles. The average molecular weight is 299 g/mol. The highest BCUT2D eigenvalue weighted by Crippen LogP contribution is 2.22. The van der Waals surface area contributed by atoms with Gasteiger partial charge in [0.2, 0.25) is 0 Å². The molecule has 1 aromatic heterocycles. The molecule has 3 rings (SSSR count). The fourth-order valence-electron chi connectivity index (χ4n) is 2.15. The molecule has 1 aromatic carbocycles. The number of benzene rings is 1. The number of nitrogens with one attached hydrogen (secondary N) is 2. The normalized spacial score (nSPS) is 12.5.